The molecule has 0 aliphatic heterocycles. The normalized spacial score (nSPS) is 14.4. The lowest BCUT2D eigenvalue weighted by Gasteiger charge is -2.21. The van der Waals surface area contributed by atoms with Crippen molar-refractivity contribution in [2.75, 3.05) is 32.8 Å². The fourth-order valence-electron chi connectivity index (χ4n) is 2.76. The van der Waals surface area contributed by atoms with E-state index in [0.29, 0.717) is 30.9 Å². The van der Waals surface area contributed by atoms with Crippen molar-refractivity contribution in [2.45, 2.75) is 73.1 Å². The molecule has 0 amide bonds. The van der Waals surface area contributed by atoms with E-state index in [9.17, 15) is 0 Å². The van der Waals surface area contributed by atoms with Gasteiger partial charge in [-0.05, 0) is 60.2 Å². The van der Waals surface area contributed by atoms with E-state index in [-0.39, 0.29) is 6.10 Å². The minimum Gasteiger partial charge on any atom is -0.371 e. The maximum Gasteiger partial charge on any atom is 0.248 e. The van der Waals surface area contributed by atoms with Crippen LogP contribution in [0.15, 0.2) is 9.52 Å². The number of ether oxygens (including phenoxy) is 1. The molecule has 2 atom stereocenters. The number of hydrogen-bond donors (Lipinski definition) is 2. The van der Waals surface area contributed by atoms with Crippen LogP contribution in [0.2, 0.25) is 0 Å². The summed E-state index contributed by atoms with van der Waals surface area (Å²) in [6.07, 6.45) is 2.09. The molecule has 0 aliphatic carbocycles. The quantitative estimate of drug-likeness (QED) is 0.400. The molecule has 1 aromatic heterocycles. The fraction of sp³-hybridized carbons (Fsp3) is 0.842. The van der Waals surface area contributed by atoms with Crippen LogP contribution in [-0.2, 0) is 11.3 Å². The lowest BCUT2D eigenvalue weighted by molar-refractivity contribution is 0.0683. The molecular formula is C19H38N6O2. The van der Waals surface area contributed by atoms with Crippen LogP contribution in [0.4, 0.5) is 0 Å². The third kappa shape index (κ3) is 9.19. The lowest BCUT2D eigenvalue weighted by atomic mass is 10.2. The highest BCUT2D eigenvalue weighted by Crippen LogP contribution is 2.13. The topological polar surface area (TPSA) is 87.8 Å². The van der Waals surface area contributed by atoms with Crippen molar-refractivity contribution in [3.05, 3.63) is 11.7 Å². The molecule has 0 saturated carbocycles. The van der Waals surface area contributed by atoms with Crippen molar-refractivity contribution in [3.63, 3.8) is 0 Å². The molecule has 0 spiro atoms. The average molecular weight is 383 g/mol. The van der Waals surface area contributed by atoms with Crippen molar-refractivity contribution in [2.24, 2.45) is 4.99 Å². The maximum atomic E-state index is 5.48. The summed E-state index contributed by atoms with van der Waals surface area (Å²) >= 11 is 0. The number of aromatic nitrogens is 2. The number of guanidine groups is 1. The van der Waals surface area contributed by atoms with E-state index in [0.717, 1.165) is 45.0 Å². The first kappa shape index (κ1) is 23.4. The van der Waals surface area contributed by atoms with Gasteiger partial charge in [-0.15, -0.1) is 0 Å². The van der Waals surface area contributed by atoms with E-state index in [1.54, 1.807) is 0 Å². The molecule has 2 N–H and O–H groups in total. The molecular weight excluding hydrogens is 344 g/mol. The highest BCUT2D eigenvalue weighted by atomic mass is 16.5. The Balaban J connectivity index is 2.51. The molecule has 0 fully saturated rings. The third-order valence-electron chi connectivity index (χ3n) is 4.37. The predicted octanol–water partition coefficient (Wildman–Crippen LogP) is 2.73. The van der Waals surface area contributed by atoms with Crippen molar-refractivity contribution < 1.29 is 9.26 Å². The van der Waals surface area contributed by atoms with Gasteiger partial charge in [0.1, 0.15) is 12.6 Å². The van der Waals surface area contributed by atoms with Gasteiger partial charge >= 0.3 is 0 Å². The van der Waals surface area contributed by atoms with Gasteiger partial charge in [-0.3, -0.25) is 0 Å². The van der Waals surface area contributed by atoms with E-state index in [2.05, 4.69) is 58.4 Å². The van der Waals surface area contributed by atoms with Gasteiger partial charge in [0.05, 0.1) is 0 Å². The van der Waals surface area contributed by atoms with Crippen LogP contribution in [0.1, 0.15) is 72.2 Å². The molecule has 27 heavy (non-hydrogen) atoms. The lowest BCUT2D eigenvalue weighted by Crippen LogP contribution is -2.42. The Morgan fingerprint density at radius 2 is 1.96 bits per heavy atom. The summed E-state index contributed by atoms with van der Waals surface area (Å²) in [5, 5.41) is 10.7. The molecule has 1 rings (SSSR count). The fourth-order valence-corrected chi connectivity index (χ4v) is 2.76. The van der Waals surface area contributed by atoms with Crippen LogP contribution in [0, 0.1) is 0 Å². The molecule has 0 aromatic carbocycles. The summed E-state index contributed by atoms with van der Waals surface area (Å²) in [6.45, 7) is 17.6. The second-order valence-electron chi connectivity index (χ2n) is 6.55. The number of hydrogen-bond acceptors (Lipinski definition) is 6. The first-order valence-electron chi connectivity index (χ1n) is 10.2. The molecule has 0 bridgehead atoms. The Kier molecular flexibility index (Phi) is 11.7. The SMILES string of the molecule is CCNC(=NCc1nc(C(C)OCC)no1)NC(C)CCCN(CC)CC. The van der Waals surface area contributed by atoms with Crippen LogP contribution >= 0.6 is 0 Å². The van der Waals surface area contributed by atoms with Crippen LogP contribution < -0.4 is 10.6 Å². The summed E-state index contributed by atoms with van der Waals surface area (Å²) < 4.78 is 10.8. The van der Waals surface area contributed by atoms with E-state index < -0.39 is 0 Å². The second-order valence-corrected chi connectivity index (χ2v) is 6.55. The Morgan fingerprint density at radius 3 is 2.59 bits per heavy atom. The molecule has 8 nitrogen and oxygen atoms in total. The number of aliphatic imine (C=N–C) groups is 1. The van der Waals surface area contributed by atoms with E-state index in [4.69, 9.17) is 9.26 Å². The Morgan fingerprint density at radius 1 is 1.22 bits per heavy atom. The van der Waals surface area contributed by atoms with Gasteiger partial charge in [-0.1, -0.05) is 19.0 Å². The number of nitrogens with one attached hydrogen (secondary N) is 2. The molecule has 2 unspecified atom stereocenters. The van der Waals surface area contributed by atoms with Crippen molar-refractivity contribution in [1.29, 1.82) is 0 Å². The maximum absolute atomic E-state index is 5.48. The molecule has 0 radical (unpaired) electrons. The Bertz CT molecular complexity index is 530. The molecule has 8 heteroatoms. The van der Waals surface area contributed by atoms with Crippen molar-refractivity contribution in [3.8, 4) is 0 Å². The molecule has 156 valence electrons. The van der Waals surface area contributed by atoms with Gasteiger partial charge in [-0.2, -0.15) is 4.98 Å². The van der Waals surface area contributed by atoms with E-state index >= 15 is 0 Å². The Labute approximate surface area is 164 Å². The number of nitrogens with zero attached hydrogens (tertiary/aromatic N) is 4. The Hall–Kier alpha value is -1.67. The minimum atomic E-state index is -0.173. The zero-order chi connectivity index (χ0) is 20.1. The third-order valence-corrected chi connectivity index (χ3v) is 4.37. The molecule has 0 aliphatic rings. The molecule has 0 saturated heterocycles. The zero-order valence-corrected chi connectivity index (χ0v) is 17.9. The van der Waals surface area contributed by atoms with Gasteiger partial charge < -0.3 is 24.8 Å². The zero-order valence-electron chi connectivity index (χ0n) is 17.9. The summed E-state index contributed by atoms with van der Waals surface area (Å²) in [4.78, 5) is 11.4. The van der Waals surface area contributed by atoms with Crippen molar-refractivity contribution >= 4 is 5.96 Å². The molecule has 1 aromatic rings. The highest BCUT2D eigenvalue weighted by Gasteiger charge is 2.14. The predicted molar refractivity (Wildman–Crippen MR) is 109 cm³/mol. The van der Waals surface area contributed by atoms with Crippen LogP contribution in [0.25, 0.3) is 0 Å². The van der Waals surface area contributed by atoms with Gasteiger partial charge in [0, 0.05) is 19.2 Å². The summed E-state index contributed by atoms with van der Waals surface area (Å²) in [6, 6.07) is 0.342. The summed E-state index contributed by atoms with van der Waals surface area (Å²) in [5.41, 5.74) is 0. The van der Waals surface area contributed by atoms with Gasteiger partial charge in [0.15, 0.2) is 11.8 Å². The van der Waals surface area contributed by atoms with Crippen LogP contribution in [0.5, 0.6) is 0 Å². The van der Waals surface area contributed by atoms with E-state index in [1.165, 1.54) is 0 Å². The number of rotatable bonds is 13. The highest BCUT2D eigenvalue weighted by molar-refractivity contribution is 5.79. The van der Waals surface area contributed by atoms with Crippen LogP contribution in [-0.4, -0.2) is 59.8 Å². The van der Waals surface area contributed by atoms with Gasteiger partial charge in [0.25, 0.3) is 0 Å². The first-order valence-corrected chi connectivity index (χ1v) is 10.2. The molecule has 1 heterocycles. The first-order chi connectivity index (χ1) is 13.0. The van der Waals surface area contributed by atoms with Gasteiger partial charge in [0.2, 0.25) is 5.89 Å². The minimum absolute atomic E-state index is 0.173. The summed E-state index contributed by atoms with van der Waals surface area (Å²) in [7, 11) is 0. The average Bonchev–Trinajstić information content (AvgIpc) is 3.13. The monoisotopic (exact) mass is 382 g/mol. The second kappa shape index (κ2) is 13.5. The van der Waals surface area contributed by atoms with E-state index in [1.807, 2.05) is 13.8 Å². The summed E-state index contributed by atoms with van der Waals surface area (Å²) in [5.74, 6) is 1.82. The van der Waals surface area contributed by atoms with Gasteiger partial charge in [-0.25, -0.2) is 4.99 Å². The standard InChI is InChI=1S/C19H38N6O2/c1-7-20-19(22-15(5)12-11-13-25(8-2)9-3)21-14-17-23-18(24-27-17)16(6)26-10-4/h15-16H,7-14H2,1-6H3,(H2,20,21,22). The largest absolute Gasteiger partial charge is 0.371 e. The smallest absolute Gasteiger partial charge is 0.248 e. The van der Waals surface area contributed by atoms with Crippen molar-refractivity contribution in [1.82, 2.24) is 25.7 Å². The van der Waals surface area contributed by atoms with Crippen LogP contribution in [0.3, 0.4) is 0 Å².